The van der Waals surface area contributed by atoms with Crippen molar-refractivity contribution in [3.05, 3.63) is 59.4 Å². The van der Waals surface area contributed by atoms with E-state index in [1.807, 2.05) is 43.8 Å². The van der Waals surface area contributed by atoms with Gasteiger partial charge in [-0.1, -0.05) is 6.07 Å². The lowest BCUT2D eigenvalue weighted by Gasteiger charge is -2.46. The van der Waals surface area contributed by atoms with E-state index in [0.717, 1.165) is 28.9 Å². The summed E-state index contributed by atoms with van der Waals surface area (Å²) < 4.78 is 33.5. The van der Waals surface area contributed by atoms with Gasteiger partial charge in [-0.3, -0.25) is 4.98 Å². The number of nitrogens with zero attached hydrogens (tertiary/aromatic N) is 2. The van der Waals surface area contributed by atoms with Crippen molar-refractivity contribution in [1.82, 2.24) is 9.29 Å². The fourth-order valence-corrected chi connectivity index (χ4v) is 7.34. The molecule has 2 aliphatic rings. The molecule has 3 heterocycles. The van der Waals surface area contributed by atoms with E-state index in [9.17, 15) is 8.42 Å². The van der Waals surface area contributed by atoms with Crippen LogP contribution in [0.2, 0.25) is 0 Å². The first-order valence-electron chi connectivity index (χ1n) is 9.09. The molecular weight excluding hydrogens is 380 g/mol. The van der Waals surface area contributed by atoms with E-state index in [1.54, 1.807) is 28.8 Å². The van der Waals surface area contributed by atoms with E-state index in [2.05, 4.69) is 4.98 Å². The molecule has 0 radical (unpaired) electrons. The van der Waals surface area contributed by atoms with Crippen molar-refractivity contribution in [2.75, 3.05) is 18.8 Å². The Kier molecular flexibility index (Phi) is 5.05. The van der Waals surface area contributed by atoms with Crippen molar-refractivity contribution in [3.63, 3.8) is 0 Å². The summed E-state index contributed by atoms with van der Waals surface area (Å²) >= 11 is 1.85. The van der Waals surface area contributed by atoms with Gasteiger partial charge in [0, 0.05) is 36.0 Å². The van der Waals surface area contributed by atoms with Crippen molar-refractivity contribution in [1.29, 1.82) is 0 Å². The number of pyridine rings is 1. The highest BCUT2D eigenvalue weighted by Crippen LogP contribution is 2.47. The normalized spacial score (nSPS) is 22.1. The van der Waals surface area contributed by atoms with Crippen LogP contribution in [0.15, 0.2) is 47.6 Å². The SMILES string of the molecule is Cc1cc(C)cc(S(=O)(=O)N2CC3(C[C@H](OCc4ccncc4)CS3)C2)c1. The van der Waals surface area contributed by atoms with Crippen molar-refractivity contribution in [3.8, 4) is 0 Å². The van der Waals surface area contributed by atoms with Gasteiger partial charge < -0.3 is 4.74 Å². The second-order valence-electron chi connectivity index (χ2n) is 7.58. The van der Waals surface area contributed by atoms with E-state index in [4.69, 9.17) is 4.74 Å². The molecule has 4 rings (SSSR count). The highest BCUT2D eigenvalue weighted by Gasteiger charge is 2.53. The van der Waals surface area contributed by atoms with Gasteiger partial charge in [0.05, 0.1) is 17.6 Å². The van der Waals surface area contributed by atoms with Gasteiger partial charge in [-0.25, -0.2) is 8.42 Å². The first-order chi connectivity index (χ1) is 12.9. The summed E-state index contributed by atoms with van der Waals surface area (Å²) in [6.07, 6.45) is 4.62. The highest BCUT2D eigenvalue weighted by molar-refractivity contribution is 8.01. The van der Waals surface area contributed by atoms with Crippen LogP contribution in [0.5, 0.6) is 0 Å². The minimum atomic E-state index is -3.41. The number of ether oxygens (including phenoxy) is 1. The highest BCUT2D eigenvalue weighted by atomic mass is 32.2. The molecular formula is C20H24N2O3S2. The number of sulfonamides is 1. The molecule has 0 N–H and O–H groups in total. The van der Waals surface area contributed by atoms with Crippen molar-refractivity contribution >= 4 is 21.8 Å². The van der Waals surface area contributed by atoms with Gasteiger partial charge >= 0.3 is 0 Å². The van der Waals surface area contributed by atoms with E-state index in [0.29, 0.717) is 24.6 Å². The summed E-state index contributed by atoms with van der Waals surface area (Å²) in [4.78, 5) is 4.42. The van der Waals surface area contributed by atoms with Crippen LogP contribution in [0.25, 0.3) is 0 Å². The van der Waals surface area contributed by atoms with Crippen molar-refractivity contribution < 1.29 is 13.2 Å². The average Bonchev–Trinajstić information content (AvgIpc) is 3.04. The Morgan fingerprint density at radius 1 is 1.19 bits per heavy atom. The Morgan fingerprint density at radius 3 is 2.52 bits per heavy atom. The van der Waals surface area contributed by atoms with Crippen LogP contribution in [-0.2, 0) is 21.4 Å². The molecule has 0 saturated carbocycles. The van der Waals surface area contributed by atoms with Crippen LogP contribution in [0.3, 0.4) is 0 Å². The summed E-state index contributed by atoms with van der Waals surface area (Å²) in [5.41, 5.74) is 3.07. The van der Waals surface area contributed by atoms with Crippen LogP contribution in [-0.4, -0.2) is 47.4 Å². The molecule has 0 aliphatic carbocycles. The van der Waals surface area contributed by atoms with Gasteiger partial charge in [-0.15, -0.1) is 11.8 Å². The first-order valence-corrected chi connectivity index (χ1v) is 11.5. The zero-order valence-electron chi connectivity index (χ0n) is 15.6. The van der Waals surface area contributed by atoms with Crippen LogP contribution >= 0.6 is 11.8 Å². The molecule has 2 saturated heterocycles. The Bertz CT molecular complexity index is 905. The number of hydrogen-bond donors (Lipinski definition) is 0. The molecule has 0 amide bonds. The number of thioether (sulfide) groups is 1. The van der Waals surface area contributed by atoms with Gasteiger partial charge in [-0.2, -0.15) is 4.31 Å². The van der Waals surface area contributed by atoms with Crippen LogP contribution in [0.1, 0.15) is 23.1 Å². The number of benzene rings is 1. The molecule has 1 spiro atoms. The second kappa shape index (κ2) is 7.20. The van der Waals surface area contributed by atoms with E-state index in [1.165, 1.54) is 0 Å². The van der Waals surface area contributed by atoms with E-state index in [-0.39, 0.29) is 10.9 Å². The number of aryl methyl sites for hydroxylation is 2. The van der Waals surface area contributed by atoms with Gasteiger partial charge in [0.1, 0.15) is 0 Å². The van der Waals surface area contributed by atoms with Crippen molar-refractivity contribution in [2.24, 2.45) is 0 Å². The standard InChI is InChI=1S/C20H24N2O3S2/c1-15-7-16(2)9-19(8-15)27(23,24)22-13-20(14-22)10-18(12-26-20)25-11-17-3-5-21-6-4-17/h3-9,18H,10-14H2,1-2H3/t18-/m0/s1. The Labute approximate surface area is 165 Å². The molecule has 2 aromatic rings. The number of hydrogen-bond acceptors (Lipinski definition) is 5. The van der Waals surface area contributed by atoms with Gasteiger partial charge in [0.15, 0.2) is 0 Å². The molecule has 5 nitrogen and oxygen atoms in total. The summed E-state index contributed by atoms with van der Waals surface area (Å²) in [6.45, 7) is 5.58. The fourth-order valence-electron chi connectivity index (χ4n) is 3.82. The lowest BCUT2D eigenvalue weighted by molar-refractivity contribution is 0.0397. The molecule has 1 aromatic carbocycles. The Morgan fingerprint density at radius 2 is 1.85 bits per heavy atom. The monoisotopic (exact) mass is 404 g/mol. The predicted octanol–water partition coefficient (Wildman–Crippen LogP) is 3.16. The Balaban J connectivity index is 1.36. The zero-order chi connectivity index (χ0) is 19.1. The topological polar surface area (TPSA) is 59.5 Å². The largest absolute Gasteiger partial charge is 0.373 e. The molecule has 0 bridgehead atoms. The summed E-state index contributed by atoms with van der Waals surface area (Å²) in [5.74, 6) is 0.919. The Hall–Kier alpha value is -1.41. The fraction of sp³-hybridized carbons (Fsp3) is 0.450. The molecule has 7 heteroatoms. The van der Waals surface area contributed by atoms with Crippen molar-refractivity contribution in [2.45, 2.75) is 42.6 Å². The zero-order valence-corrected chi connectivity index (χ0v) is 17.2. The molecule has 0 unspecified atom stereocenters. The maximum absolute atomic E-state index is 12.9. The molecule has 144 valence electrons. The van der Waals surface area contributed by atoms with Gasteiger partial charge in [-0.05, 0) is 61.2 Å². The second-order valence-corrected chi connectivity index (χ2v) is 11.0. The number of aromatic nitrogens is 1. The minimum Gasteiger partial charge on any atom is -0.373 e. The molecule has 27 heavy (non-hydrogen) atoms. The van der Waals surface area contributed by atoms with Gasteiger partial charge in [0.2, 0.25) is 10.0 Å². The minimum absolute atomic E-state index is 0.00878. The molecule has 2 aliphatic heterocycles. The predicted molar refractivity (Wildman–Crippen MR) is 107 cm³/mol. The van der Waals surface area contributed by atoms with Gasteiger partial charge in [0.25, 0.3) is 0 Å². The lowest BCUT2D eigenvalue weighted by Crippen LogP contribution is -2.60. The third-order valence-corrected chi connectivity index (χ3v) is 8.52. The maximum atomic E-state index is 12.9. The summed E-state index contributed by atoms with van der Waals surface area (Å²) in [5, 5.41) is 0. The third-order valence-electron chi connectivity index (χ3n) is 5.17. The number of rotatable bonds is 5. The summed E-state index contributed by atoms with van der Waals surface area (Å²) in [7, 11) is -3.41. The van der Waals surface area contributed by atoms with E-state index < -0.39 is 10.0 Å². The van der Waals surface area contributed by atoms with Crippen LogP contribution in [0.4, 0.5) is 0 Å². The quantitative estimate of drug-likeness (QED) is 0.766. The van der Waals surface area contributed by atoms with Crippen LogP contribution in [0, 0.1) is 13.8 Å². The lowest BCUT2D eigenvalue weighted by atomic mass is 9.95. The molecule has 2 fully saturated rings. The maximum Gasteiger partial charge on any atom is 0.243 e. The van der Waals surface area contributed by atoms with E-state index >= 15 is 0 Å². The average molecular weight is 405 g/mol. The molecule has 1 atom stereocenters. The summed E-state index contributed by atoms with van der Waals surface area (Å²) in [6, 6.07) is 9.43. The molecule has 1 aromatic heterocycles. The third kappa shape index (κ3) is 3.92. The smallest absolute Gasteiger partial charge is 0.243 e. The first kappa shape index (κ1) is 18.9. The van der Waals surface area contributed by atoms with Crippen LogP contribution < -0.4 is 0 Å².